The monoisotopic (exact) mass is 448 g/mol. The third-order valence-electron chi connectivity index (χ3n) is 6.62. The molecule has 1 aliphatic rings. The Morgan fingerprint density at radius 3 is 2.45 bits per heavy atom. The first-order valence-corrected chi connectivity index (χ1v) is 11.8. The summed E-state index contributed by atoms with van der Waals surface area (Å²) in [5, 5.41) is 0. The number of rotatable bonds is 7. The molecule has 1 saturated heterocycles. The minimum atomic E-state index is 0.0999. The number of carbonyl (C=O) groups is 1. The van der Waals surface area contributed by atoms with Gasteiger partial charge in [-0.3, -0.25) is 9.79 Å². The zero-order chi connectivity index (χ0) is 24.7. The van der Waals surface area contributed by atoms with Gasteiger partial charge in [0.05, 0.1) is 18.6 Å². The van der Waals surface area contributed by atoms with Crippen molar-refractivity contribution >= 4 is 17.3 Å². The molecule has 2 atom stereocenters. The molecule has 0 aliphatic carbocycles. The maximum absolute atomic E-state index is 13.1. The molecule has 0 bridgehead atoms. The fraction of sp³-hybridized carbons (Fsp3) is 0.448. The first-order valence-electron chi connectivity index (χ1n) is 11.8. The summed E-state index contributed by atoms with van der Waals surface area (Å²) < 4.78 is 5.22. The van der Waals surface area contributed by atoms with Crippen LogP contribution in [0.25, 0.3) is 0 Å². The van der Waals surface area contributed by atoms with Gasteiger partial charge in [-0.15, -0.1) is 0 Å². The van der Waals surface area contributed by atoms with Gasteiger partial charge in [-0.05, 0) is 93.9 Å². The number of ether oxygens (including phenoxy) is 1. The molecular weight excluding hydrogens is 408 g/mol. The third-order valence-corrected chi connectivity index (χ3v) is 6.62. The van der Waals surface area contributed by atoms with Gasteiger partial charge in [0, 0.05) is 24.4 Å². The van der Waals surface area contributed by atoms with Gasteiger partial charge in [-0.2, -0.15) is 0 Å². The quantitative estimate of drug-likeness (QED) is 0.251. The van der Waals surface area contributed by atoms with Gasteiger partial charge < -0.3 is 9.64 Å². The maximum atomic E-state index is 13.1. The van der Waals surface area contributed by atoms with Crippen LogP contribution in [0.1, 0.15) is 63.9 Å². The van der Waals surface area contributed by atoms with E-state index in [1.54, 1.807) is 7.11 Å². The lowest BCUT2D eigenvalue weighted by Gasteiger charge is -2.35. The number of methoxy groups -OCH3 is 1. The third kappa shape index (κ3) is 7.31. The van der Waals surface area contributed by atoms with Crippen molar-refractivity contribution in [2.75, 3.05) is 20.2 Å². The van der Waals surface area contributed by atoms with E-state index in [0.717, 1.165) is 59.0 Å². The van der Waals surface area contributed by atoms with Crippen molar-refractivity contribution in [1.82, 2.24) is 4.90 Å². The molecule has 1 aromatic carbocycles. The largest absolute Gasteiger partial charge is 0.501 e. The highest BCUT2D eigenvalue weighted by atomic mass is 16.5. The molecule has 0 saturated carbocycles. The Balaban J connectivity index is 2.31. The number of benzene rings is 1. The van der Waals surface area contributed by atoms with Crippen LogP contribution in [0.4, 0.5) is 5.69 Å². The molecule has 1 fully saturated rings. The molecular formula is C29H40N2O2. The lowest BCUT2D eigenvalue weighted by atomic mass is 9.88. The Bertz CT molecular complexity index is 1010. The molecule has 1 aliphatic heterocycles. The van der Waals surface area contributed by atoms with Crippen LogP contribution in [0.3, 0.4) is 0 Å². The Labute approximate surface area is 200 Å². The minimum absolute atomic E-state index is 0.0999. The van der Waals surface area contributed by atoms with Crippen LogP contribution in [-0.2, 0) is 4.74 Å². The Hall–Kier alpha value is -2.88. The normalized spacial score (nSPS) is 20.7. The first-order chi connectivity index (χ1) is 15.5. The Kier molecular flexibility index (Phi) is 9.45. The van der Waals surface area contributed by atoms with E-state index in [9.17, 15) is 4.79 Å². The summed E-state index contributed by atoms with van der Waals surface area (Å²) in [5.41, 5.74) is 6.53. The van der Waals surface area contributed by atoms with Crippen LogP contribution in [0.15, 0.2) is 70.5 Å². The fourth-order valence-corrected chi connectivity index (χ4v) is 3.69. The molecule has 2 unspecified atom stereocenters. The number of hydrogen-bond donors (Lipinski definition) is 0. The predicted molar refractivity (Wildman–Crippen MR) is 140 cm³/mol. The average Bonchev–Trinajstić information content (AvgIpc) is 2.78. The number of piperidine rings is 1. The summed E-state index contributed by atoms with van der Waals surface area (Å²) in [7, 11) is 1.66. The fourth-order valence-electron chi connectivity index (χ4n) is 3.69. The van der Waals surface area contributed by atoms with Crippen LogP contribution in [0, 0.1) is 18.8 Å². The Morgan fingerprint density at radius 2 is 1.85 bits per heavy atom. The van der Waals surface area contributed by atoms with Crippen LogP contribution in [-0.4, -0.2) is 36.7 Å². The number of hydrogen-bond acceptors (Lipinski definition) is 3. The molecule has 178 valence electrons. The summed E-state index contributed by atoms with van der Waals surface area (Å²) in [6.45, 7) is 20.2. The lowest BCUT2D eigenvalue weighted by molar-refractivity contribution is 0.0627. The number of aliphatic imine (C=N–C) groups is 1. The second-order valence-corrected chi connectivity index (χ2v) is 9.40. The standard InChI is InChI=1S/C29H40N2O2/c1-19(2)26(13-11-24(7)33-9)16-22(5)25(8)30-28-17-27(12-10-21(28)4)29(32)31-15-14-20(3)23(6)18-31/h10-13,16-17,20,23H,1,14-15,18H2,2-9H3/b22-16+,24-11+,26-13-,30-25+. The molecule has 1 heterocycles. The van der Waals surface area contributed by atoms with Gasteiger partial charge >= 0.3 is 0 Å². The van der Waals surface area contributed by atoms with Crippen molar-refractivity contribution in [2.24, 2.45) is 16.8 Å². The zero-order valence-electron chi connectivity index (χ0n) is 21.7. The number of allylic oxidation sites excluding steroid dienone is 7. The van der Waals surface area contributed by atoms with E-state index in [1.807, 2.05) is 69.9 Å². The number of aryl methyl sites for hydroxylation is 1. The van der Waals surface area contributed by atoms with Gasteiger partial charge in [-0.25, -0.2) is 0 Å². The number of nitrogens with zero attached hydrogens (tertiary/aromatic N) is 2. The Morgan fingerprint density at radius 1 is 1.15 bits per heavy atom. The molecule has 4 heteroatoms. The van der Waals surface area contributed by atoms with Gasteiger partial charge in [0.15, 0.2) is 0 Å². The van der Waals surface area contributed by atoms with Gasteiger partial charge in [0.1, 0.15) is 0 Å². The highest BCUT2D eigenvalue weighted by Gasteiger charge is 2.26. The van der Waals surface area contributed by atoms with E-state index in [0.29, 0.717) is 17.4 Å². The van der Waals surface area contributed by atoms with Gasteiger partial charge in [-0.1, -0.05) is 38.1 Å². The molecule has 4 nitrogen and oxygen atoms in total. The van der Waals surface area contributed by atoms with Crippen molar-refractivity contribution in [3.05, 3.63) is 76.6 Å². The van der Waals surface area contributed by atoms with Crippen LogP contribution in [0.5, 0.6) is 0 Å². The van der Waals surface area contributed by atoms with E-state index < -0.39 is 0 Å². The minimum Gasteiger partial charge on any atom is -0.501 e. The molecule has 33 heavy (non-hydrogen) atoms. The maximum Gasteiger partial charge on any atom is 0.253 e. The summed E-state index contributed by atoms with van der Waals surface area (Å²) in [6.07, 6.45) is 7.08. The smallest absolute Gasteiger partial charge is 0.253 e. The van der Waals surface area contributed by atoms with E-state index in [4.69, 9.17) is 9.73 Å². The SMILES string of the molecule is C=C(C)C(=C\C=C(/C)OC)/C=C(C)/C(C)=N/c1cc(C(=O)N2CCC(C)C(C)C2)ccc1C. The molecule has 0 spiro atoms. The van der Waals surface area contributed by atoms with Crippen molar-refractivity contribution < 1.29 is 9.53 Å². The summed E-state index contributed by atoms with van der Waals surface area (Å²) in [5.74, 6) is 2.12. The number of amides is 1. The first kappa shape index (κ1) is 26.4. The highest BCUT2D eigenvalue weighted by Crippen LogP contribution is 2.26. The second-order valence-electron chi connectivity index (χ2n) is 9.40. The number of likely N-dealkylation sites (tertiary alicyclic amines) is 1. The van der Waals surface area contributed by atoms with Gasteiger partial charge in [0.25, 0.3) is 5.91 Å². The second kappa shape index (κ2) is 11.8. The van der Waals surface area contributed by atoms with E-state index >= 15 is 0 Å². The molecule has 0 radical (unpaired) electrons. The van der Waals surface area contributed by atoms with Crippen LogP contribution >= 0.6 is 0 Å². The molecule has 1 amide bonds. The average molecular weight is 449 g/mol. The van der Waals surface area contributed by atoms with Crippen LogP contribution in [0.2, 0.25) is 0 Å². The van der Waals surface area contributed by atoms with Crippen molar-refractivity contribution in [3.63, 3.8) is 0 Å². The predicted octanol–water partition coefficient (Wildman–Crippen LogP) is 7.20. The number of carbonyl (C=O) groups excluding carboxylic acids is 1. The topological polar surface area (TPSA) is 41.9 Å². The lowest BCUT2D eigenvalue weighted by Crippen LogP contribution is -2.42. The van der Waals surface area contributed by atoms with Crippen LogP contribution < -0.4 is 0 Å². The summed E-state index contributed by atoms with van der Waals surface area (Å²) >= 11 is 0. The van der Waals surface area contributed by atoms with E-state index in [-0.39, 0.29) is 5.91 Å². The molecule has 0 aromatic heterocycles. The van der Waals surface area contributed by atoms with Crippen molar-refractivity contribution in [3.8, 4) is 0 Å². The van der Waals surface area contributed by atoms with E-state index in [1.165, 1.54) is 0 Å². The van der Waals surface area contributed by atoms with Gasteiger partial charge in [0.2, 0.25) is 0 Å². The van der Waals surface area contributed by atoms with Crippen molar-refractivity contribution in [2.45, 2.75) is 54.9 Å². The van der Waals surface area contributed by atoms with Crippen molar-refractivity contribution in [1.29, 1.82) is 0 Å². The zero-order valence-corrected chi connectivity index (χ0v) is 21.7. The highest BCUT2D eigenvalue weighted by molar-refractivity contribution is 6.01. The van der Waals surface area contributed by atoms with E-state index in [2.05, 4.69) is 26.5 Å². The summed E-state index contributed by atoms with van der Waals surface area (Å²) in [6, 6.07) is 5.84. The molecule has 2 rings (SSSR count). The summed E-state index contributed by atoms with van der Waals surface area (Å²) in [4.78, 5) is 20.0. The molecule has 0 N–H and O–H groups in total. The molecule has 1 aromatic rings.